The van der Waals surface area contributed by atoms with Gasteiger partial charge in [-0.25, -0.2) is 9.78 Å². The lowest BCUT2D eigenvalue weighted by molar-refractivity contribution is -0.119. The number of aromatic nitrogens is 1. The minimum absolute atomic E-state index is 0.0871. The summed E-state index contributed by atoms with van der Waals surface area (Å²) in [6.07, 6.45) is 2.26. The van der Waals surface area contributed by atoms with Crippen molar-refractivity contribution in [1.82, 2.24) is 10.3 Å². The molecule has 0 bridgehead atoms. The predicted molar refractivity (Wildman–Crippen MR) is 74.4 cm³/mol. The van der Waals surface area contributed by atoms with Crippen LogP contribution in [0.4, 0.5) is 11.5 Å². The highest BCUT2D eigenvalue weighted by molar-refractivity contribution is 5.96. The number of nitrogens with two attached hydrogens (primary N) is 1. The van der Waals surface area contributed by atoms with E-state index in [4.69, 9.17) is 10.5 Å². The summed E-state index contributed by atoms with van der Waals surface area (Å²) in [7, 11) is 0. The van der Waals surface area contributed by atoms with Gasteiger partial charge in [0.05, 0.1) is 25.0 Å². The van der Waals surface area contributed by atoms with Crippen LogP contribution in [0.5, 0.6) is 0 Å². The number of anilines is 2. The first-order valence-corrected chi connectivity index (χ1v) is 6.56. The molecule has 0 aliphatic carbocycles. The number of amides is 1. The third-order valence-electron chi connectivity index (χ3n) is 2.94. The van der Waals surface area contributed by atoms with E-state index < -0.39 is 5.97 Å². The van der Waals surface area contributed by atoms with E-state index in [0.29, 0.717) is 30.2 Å². The molecule has 3 N–H and O–H groups in total. The molecular weight excluding hydrogens is 260 g/mol. The van der Waals surface area contributed by atoms with Gasteiger partial charge in [0.25, 0.3) is 0 Å². The SMILES string of the molecule is CCOC(=O)c1cc(N)cnc1N1CCCNC(=O)C1. The van der Waals surface area contributed by atoms with Gasteiger partial charge in [-0.2, -0.15) is 0 Å². The molecule has 0 radical (unpaired) electrons. The van der Waals surface area contributed by atoms with Crippen molar-refractivity contribution in [1.29, 1.82) is 0 Å². The van der Waals surface area contributed by atoms with Crippen molar-refractivity contribution in [2.75, 3.05) is 36.9 Å². The third kappa shape index (κ3) is 3.17. The number of carbonyl (C=O) groups excluding carboxylic acids is 2. The second kappa shape index (κ2) is 6.23. The second-order valence-electron chi connectivity index (χ2n) is 4.49. The Balaban J connectivity index is 2.34. The predicted octanol–water partition coefficient (Wildman–Crippen LogP) is 0.167. The molecule has 1 fully saturated rings. The molecule has 7 nitrogen and oxygen atoms in total. The van der Waals surface area contributed by atoms with Crippen molar-refractivity contribution in [3.05, 3.63) is 17.8 Å². The number of pyridine rings is 1. The van der Waals surface area contributed by atoms with E-state index in [9.17, 15) is 9.59 Å². The van der Waals surface area contributed by atoms with Crippen LogP contribution >= 0.6 is 0 Å². The molecule has 0 unspecified atom stereocenters. The van der Waals surface area contributed by atoms with Crippen LogP contribution in [0.3, 0.4) is 0 Å². The lowest BCUT2D eigenvalue weighted by Gasteiger charge is -2.22. The van der Waals surface area contributed by atoms with Crippen LogP contribution in [0.15, 0.2) is 12.3 Å². The molecule has 1 aromatic rings. The normalized spacial score (nSPS) is 15.4. The number of rotatable bonds is 3. The van der Waals surface area contributed by atoms with Crippen LogP contribution in [-0.4, -0.2) is 43.1 Å². The van der Waals surface area contributed by atoms with E-state index in [1.807, 2.05) is 0 Å². The van der Waals surface area contributed by atoms with Crippen molar-refractivity contribution in [2.45, 2.75) is 13.3 Å². The molecule has 7 heteroatoms. The van der Waals surface area contributed by atoms with Gasteiger partial charge in [-0.05, 0) is 19.4 Å². The average molecular weight is 278 g/mol. The number of ether oxygens (including phenoxy) is 1. The fourth-order valence-corrected chi connectivity index (χ4v) is 2.07. The number of hydrogen-bond donors (Lipinski definition) is 2. The molecular formula is C13H18N4O3. The standard InChI is InChI=1S/C13H18N4O3/c1-2-20-13(19)10-6-9(14)7-16-12(10)17-5-3-4-15-11(18)8-17/h6-7H,2-5,8,14H2,1H3,(H,15,18). The number of nitrogens with one attached hydrogen (secondary N) is 1. The minimum atomic E-state index is -0.480. The van der Waals surface area contributed by atoms with Crippen LogP contribution in [0.2, 0.25) is 0 Å². The summed E-state index contributed by atoms with van der Waals surface area (Å²) in [6.45, 7) is 3.44. The average Bonchev–Trinajstić information content (AvgIpc) is 2.63. The Labute approximate surface area is 117 Å². The Kier molecular flexibility index (Phi) is 4.39. The van der Waals surface area contributed by atoms with Crippen molar-refractivity contribution >= 4 is 23.4 Å². The van der Waals surface area contributed by atoms with E-state index in [1.165, 1.54) is 12.3 Å². The zero-order valence-corrected chi connectivity index (χ0v) is 11.4. The maximum Gasteiger partial charge on any atom is 0.341 e. The Bertz CT molecular complexity index is 518. The molecule has 2 heterocycles. The molecule has 0 saturated carbocycles. The molecule has 0 atom stereocenters. The molecule has 20 heavy (non-hydrogen) atoms. The van der Waals surface area contributed by atoms with E-state index >= 15 is 0 Å². The van der Waals surface area contributed by atoms with Gasteiger partial charge >= 0.3 is 5.97 Å². The van der Waals surface area contributed by atoms with E-state index in [1.54, 1.807) is 11.8 Å². The highest BCUT2D eigenvalue weighted by Gasteiger charge is 2.22. The van der Waals surface area contributed by atoms with Crippen LogP contribution in [-0.2, 0) is 9.53 Å². The van der Waals surface area contributed by atoms with Crippen molar-refractivity contribution in [3.63, 3.8) is 0 Å². The summed E-state index contributed by atoms with van der Waals surface area (Å²) < 4.78 is 5.01. The quantitative estimate of drug-likeness (QED) is 0.765. The fourth-order valence-electron chi connectivity index (χ4n) is 2.07. The van der Waals surface area contributed by atoms with E-state index in [-0.39, 0.29) is 19.1 Å². The van der Waals surface area contributed by atoms with Gasteiger partial charge < -0.3 is 20.7 Å². The maximum atomic E-state index is 12.0. The van der Waals surface area contributed by atoms with Crippen molar-refractivity contribution in [3.8, 4) is 0 Å². The van der Waals surface area contributed by atoms with Gasteiger partial charge in [0.1, 0.15) is 11.4 Å². The lowest BCUT2D eigenvalue weighted by Crippen LogP contribution is -2.34. The van der Waals surface area contributed by atoms with Crippen molar-refractivity contribution in [2.24, 2.45) is 0 Å². The van der Waals surface area contributed by atoms with Gasteiger partial charge in [0.2, 0.25) is 5.91 Å². The molecule has 1 amide bonds. The summed E-state index contributed by atoms with van der Waals surface area (Å²) in [5, 5.41) is 2.78. The molecule has 2 rings (SSSR count). The molecule has 108 valence electrons. The Morgan fingerprint density at radius 1 is 1.60 bits per heavy atom. The highest BCUT2D eigenvalue weighted by atomic mass is 16.5. The minimum Gasteiger partial charge on any atom is -0.462 e. The first-order chi connectivity index (χ1) is 9.61. The number of hydrogen-bond acceptors (Lipinski definition) is 6. The van der Waals surface area contributed by atoms with Crippen LogP contribution < -0.4 is 16.0 Å². The Morgan fingerprint density at radius 3 is 3.15 bits per heavy atom. The van der Waals surface area contributed by atoms with Crippen LogP contribution in [0.25, 0.3) is 0 Å². The van der Waals surface area contributed by atoms with Gasteiger partial charge in [0.15, 0.2) is 0 Å². The zero-order chi connectivity index (χ0) is 14.5. The van der Waals surface area contributed by atoms with E-state index in [0.717, 1.165) is 6.42 Å². The number of nitrogen functional groups attached to an aromatic ring is 1. The zero-order valence-electron chi connectivity index (χ0n) is 11.4. The topological polar surface area (TPSA) is 97.6 Å². The fraction of sp³-hybridized carbons (Fsp3) is 0.462. The van der Waals surface area contributed by atoms with E-state index in [2.05, 4.69) is 10.3 Å². The molecule has 0 aromatic carbocycles. The third-order valence-corrected chi connectivity index (χ3v) is 2.94. The summed E-state index contributed by atoms with van der Waals surface area (Å²) >= 11 is 0. The smallest absolute Gasteiger partial charge is 0.341 e. The lowest BCUT2D eigenvalue weighted by atomic mass is 10.2. The largest absolute Gasteiger partial charge is 0.462 e. The first kappa shape index (κ1) is 14.1. The van der Waals surface area contributed by atoms with Crippen LogP contribution in [0, 0.1) is 0 Å². The second-order valence-corrected chi connectivity index (χ2v) is 4.49. The monoisotopic (exact) mass is 278 g/mol. The Morgan fingerprint density at radius 2 is 2.40 bits per heavy atom. The molecule has 1 saturated heterocycles. The van der Waals surface area contributed by atoms with Crippen LogP contribution in [0.1, 0.15) is 23.7 Å². The molecule has 1 aliphatic rings. The Hall–Kier alpha value is -2.31. The summed E-state index contributed by atoms with van der Waals surface area (Å²) in [4.78, 5) is 29.6. The number of carbonyl (C=O) groups is 2. The highest BCUT2D eigenvalue weighted by Crippen LogP contribution is 2.21. The summed E-state index contributed by atoms with van der Waals surface area (Å²) in [5.41, 5.74) is 6.36. The van der Waals surface area contributed by atoms with Gasteiger partial charge in [-0.3, -0.25) is 4.79 Å². The maximum absolute atomic E-state index is 12.0. The summed E-state index contributed by atoms with van der Waals surface area (Å²) in [6, 6.07) is 1.53. The van der Waals surface area contributed by atoms with Gasteiger partial charge in [-0.1, -0.05) is 0 Å². The number of nitrogens with zero attached hydrogens (tertiary/aromatic N) is 2. The number of esters is 1. The van der Waals surface area contributed by atoms with Crippen molar-refractivity contribution < 1.29 is 14.3 Å². The first-order valence-electron chi connectivity index (χ1n) is 6.56. The summed E-state index contributed by atoms with van der Waals surface area (Å²) in [5.74, 6) is -0.127. The van der Waals surface area contributed by atoms with Gasteiger partial charge in [0, 0.05) is 13.1 Å². The van der Waals surface area contributed by atoms with Gasteiger partial charge in [-0.15, -0.1) is 0 Å². The molecule has 0 spiro atoms. The molecule has 1 aromatic heterocycles. The molecule has 1 aliphatic heterocycles.